The fourth-order valence-corrected chi connectivity index (χ4v) is 1.54. The molecular formula is C12H9N3O4. The van der Waals surface area contributed by atoms with Gasteiger partial charge in [0.1, 0.15) is 11.4 Å². The van der Waals surface area contributed by atoms with Crippen LogP contribution in [-0.2, 0) is 0 Å². The highest BCUT2D eigenvalue weighted by atomic mass is 16.6. The highest BCUT2D eigenvalue weighted by Gasteiger charge is 2.10. The molecule has 0 spiro atoms. The van der Waals surface area contributed by atoms with Crippen LogP contribution < -0.4 is 5.73 Å². The fraction of sp³-hybridized carbons (Fsp3) is 0. The van der Waals surface area contributed by atoms with Gasteiger partial charge in [-0.1, -0.05) is 0 Å². The van der Waals surface area contributed by atoms with E-state index in [0.717, 1.165) is 6.07 Å². The Morgan fingerprint density at radius 1 is 1.26 bits per heavy atom. The van der Waals surface area contributed by atoms with Gasteiger partial charge in [-0.15, -0.1) is 0 Å². The summed E-state index contributed by atoms with van der Waals surface area (Å²) in [6.45, 7) is 0. The number of aromatic hydroxyl groups is 1. The zero-order valence-electron chi connectivity index (χ0n) is 9.61. The van der Waals surface area contributed by atoms with Crippen molar-refractivity contribution in [2.45, 2.75) is 0 Å². The van der Waals surface area contributed by atoms with E-state index in [1.165, 1.54) is 30.3 Å². The molecule has 96 valence electrons. The van der Waals surface area contributed by atoms with Crippen LogP contribution in [0.3, 0.4) is 0 Å². The first-order valence-corrected chi connectivity index (χ1v) is 5.23. The molecular weight excluding hydrogens is 250 g/mol. The second-order valence-corrected chi connectivity index (χ2v) is 3.76. The van der Waals surface area contributed by atoms with Crippen LogP contribution in [0.4, 0.5) is 5.69 Å². The number of nitro benzene ring substituents is 1. The van der Waals surface area contributed by atoms with Gasteiger partial charge >= 0.3 is 0 Å². The Hall–Kier alpha value is -2.96. The summed E-state index contributed by atoms with van der Waals surface area (Å²) in [5, 5.41) is 20.0. The molecule has 7 heteroatoms. The smallest absolute Gasteiger partial charge is 0.269 e. The van der Waals surface area contributed by atoms with Crippen molar-refractivity contribution in [3.63, 3.8) is 0 Å². The second kappa shape index (κ2) is 4.73. The molecule has 0 aliphatic carbocycles. The van der Waals surface area contributed by atoms with Gasteiger partial charge in [0, 0.05) is 29.8 Å². The van der Waals surface area contributed by atoms with E-state index in [9.17, 15) is 20.0 Å². The number of carbonyl (C=O) groups is 1. The summed E-state index contributed by atoms with van der Waals surface area (Å²) in [4.78, 5) is 25.0. The van der Waals surface area contributed by atoms with Crippen LogP contribution in [0.5, 0.6) is 5.75 Å². The van der Waals surface area contributed by atoms with Crippen molar-refractivity contribution >= 4 is 11.6 Å². The lowest BCUT2D eigenvalue weighted by molar-refractivity contribution is -0.384. The second-order valence-electron chi connectivity index (χ2n) is 3.76. The standard InChI is InChI=1S/C12H9N3O4/c13-12(17)11-6-9(16)5-10(14-11)7-1-3-8(4-2-7)15(18)19/h1-6H,(H2,13,17)(H,14,16). The Kier molecular flexibility index (Phi) is 3.11. The average Bonchev–Trinajstić information content (AvgIpc) is 2.38. The molecule has 0 aliphatic rings. The Morgan fingerprint density at radius 2 is 1.89 bits per heavy atom. The van der Waals surface area contributed by atoms with Crippen LogP contribution >= 0.6 is 0 Å². The van der Waals surface area contributed by atoms with Crippen LogP contribution in [0.2, 0.25) is 0 Å². The van der Waals surface area contributed by atoms with Gasteiger partial charge in [0.05, 0.1) is 10.6 Å². The van der Waals surface area contributed by atoms with Gasteiger partial charge in [-0.25, -0.2) is 4.98 Å². The van der Waals surface area contributed by atoms with E-state index in [1.807, 2.05) is 0 Å². The maximum atomic E-state index is 11.0. The molecule has 0 radical (unpaired) electrons. The highest BCUT2D eigenvalue weighted by Crippen LogP contribution is 2.24. The van der Waals surface area contributed by atoms with E-state index in [0.29, 0.717) is 11.3 Å². The number of aromatic nitrogens is 1. The van der Waals surface area contributed by atoms with E-state index in [2.05, 4.69) is 4.98 Å². The lowest BCUT2D eigenvalue weighted by Gasteiger charge is -2.04. The molecule has 0 bridgehead atoms. The Bertz CT molecular complexity index is 653. The lowest BCUT2D eigenvalue weighted by atomic mass is 10.1. The van der Waals surface area contributed by atoms with Crippen LogP contribution in [0, 0.1) is 10.1 Å². The summed E-state index contributed by atoms with van der Waals surface area (Å²) < 4.78 is 0. The Labute approximate surface area is 107 Å². The quantitative estimate of drug-likeness (QED) is 0.638. The first kappa shape index (κ1) is 12.5. The predicted molar refractivity (Wildman–Crippen MR) is 66.5 cm³/mol. The van der Waals surface area contributed by atoms with Crippen LogP contribution in [0.15, 0.2) is 36.4 Å². The zero-order valence-corrected chi connectivity index (χ0v) is 9.61. The van der Waals surface area contributed by atoms with Crippen molar-refractivity contribution < 1.29 is 14.8 Å². The maximum absolute atomic E-state index is 11.0. The molecule has 0 fully saturated rings. The predicted octanol–water partition coefficient (Wildman–Crippen LogP) is 1.46. The molecule has 2 aromatic rings. The normalized spacial score (nSPS) is 10.1. The number of primary amides is 1. The summed E-state index contributed by atoms with van der Waals surface area (Å²) in [6.07, 6.45) is 0. The van der Waals surface area contributed by atoms with E-state index in [-0.39, 0.29) is 17.1 Å². The molecule has 19 heavy (non-hydrogen) atoms. The number of non-ortho nitro benzene ring substituents is 1. The summed E-state index contributed by atoms with van der Waals surface area (Å²) in [7, 11) is 0. The molecule has 7 nitrogen and oxygen atoms in total. The molecule has 0 aliphatic heterocycles. The van der Waals surface area contributed by atoms with Crippen molar-refractivity contribution in [3.8, 4) is 17.0 Å². The van der Waals surface area contributed by atoms with Gasteiger partial charge in [0.2, 0.25) is 0 Å². The van der Waals surface area contributed by atoms with Crippen molar-refractivity contribution in [2.24, 2.45) is 5.73 Å². The number of rotatable bonds is 3. The fourth-order valence-electron chi connectivity index (χ4n) is 1.54. The van der Waals surface area contributed by atoms with Crippen LogP contribution in [0.25, 0.3) is 11.3 Å². The van der Waals surface area contributed by atoms with Gasteiger partial charge in [-0.05, 0) is 12.1 Å². The third-order valence-corrected chi connectivity index (χ3v) is 2.44. The summed E-state index contributed by atoms with van der Waals surface area (Å²) in [5.41, 5.74) is 5.80. The van der Waals surface area contributed by atoms with Crippen LogP contribution in [-0.4, -0.2) is 20.9 Å². The average molecular weight is 259 g/mol. The van der Waals surface area contributed by atoms with Gasteiger partial charge in [0.15, 0.2) is 0 Å². The van der Waals surface area contributed by atoms with E-state index < -0.39 is 10.8 Å². The molecule has 0 saturated heterocycles. The SMILES string of the molecule is NC(=O)c1cc(O)cc(-c2ccc([N+](=O)[O-])cc2)n1. The molecule has 0 atom stereocenters. The molecule has 3 N–H and O–H groups in total. The number of hydrogen-bond acceptors (Lipinski definition) is 5. The van der Waals surface area contributed by atoms with Crippen molar-refractivity contribution in [1.29, 1.82) is 0 Å². The van der Waals surface area contributed by atoms with Crippen molar-refractivity contribution in [1.82, 2.24) is 4.98 Å². The number of carbonyl (C=O) groups excluding carboxylic acids is 1. The topological polar surface area (TPSA) is 119 Å². The number of nitrogens with zero attached hydrogens (tertiary/aromatic N) is 2. The van der Waals surface area contributed by atoms with Gasteiger partial charge in [0.25, 0.3) is 11.6 Å². The highest BCUT2D eigenvalue weighted by molar-refractivity contribution is 5.91. The van der Waals surface area contributed by atoms with E-state index in [4.69, 9.17) is 5.73 Å². The number of nitrogens with two attached hydrogens (primary N) is 1. The molecule has 1 amide bonds. The number of nitro groups is 1. The maximum Gasteiger partial charge on any atom is 0.269 e. The number of benzene rings is 1. The first-order valence-electron chi connectivity index (χ1n) is 5.23. The first-order chi connectivity index (χ1) is 8.97. The molecule has 1 aromatic heterocycles. The van der Waals surface area contributed by atoms with Gasteiger partial charge < -0.3 is 10.8 Å². The zero-order chi connectivity index (χ0) is 14.0. The van der Waals surface area contributed by atoms with E-state index >= 15 is 0 Å². The molecule has 0 unspecified atom stereocenters. The Morgan fingerprint density at radius 3 is 2.42 bits per heavy atom. The van der Waals surface area contributed by atoms with Gasteiger partial charge in [-0.3, -0.25) is 14.9 Å². The molecule has 2 rings (SSSR count). The van der Waals surface area contributed by atoms with E-state index in [1.54, 1.807) is 0 Å². The summed E-state index contributed by atoms with van der Waals surface area (Å²) >= 11 is 0. The minimum atomic E-state index is -0.765. The number of pyridine rings is 1. The Balaban J connectivity index is 2.46. The van der Waals surface area contributed by atoms with Crippen molar-refractivity contribution in [2.75, 3.05) is 0 Å². The lowest BCUT2D eigenvalue weighted by Crippen LogP contribution is -2.13. The van der Waals surface area contributed by atoms with Crippen molar-refractivity contribution in [3.05, 3.63) is 52.2 Å². The summed E-state index contributed by atoms with van der Waals surface area (Å²) in [5.74, 6) is -0.920. The minimum absolute atomic E-state index is 0.0565. The molecule has 1 aromatic carbocycles. The number of amides is 1. The molecule has 0 saturated carbocycles. The summed E-state index contributed by atoms with van der Waals surface area (Å²) in [6, 6.07) is 8.07. The van der Waals surface area contributed by atoms with Gasteiger partial charge in [-0.2, -0.15) is 0 Å². The number of hydrogen-bond donors (Lipinski definition) is 2. The third-order valence-electron chi connectivity index (χ3n) is 2.44. The van der Waals surface area contributed by atoms with Crippen LogP contribution in [0.1, 0.15) is 10.5 Å². The largest absolute Gasteiger partial charge is 0.508 e. The molecule has 1 heterocycles. The third kappa shape index (κ3) is 2.65. The minimum Gasteiger partial charge on any atom is -0.508 e. The monoisotopic (exact) mass is 259 g/mol.